The van der Waals surface area contributed by atoms with E-state index in [9.17, 15) is 4.79 Å². The fourth-order valence-corrected chi connectivity index (χ4v) is 2.39. The van der Waals surface area contributed by atoms with E-state index in [1.165, 1.54) is 5.56 Å². The maximum atomic E-state index is 12.3. The van der Waals surface area contributed by atoms with Crippen molar-refractivity contribution < 1.29 is 4.79 Å². The summed E-state index contributed by atoms with van der Waals surface area (Å²) in [6.07, 6.45) is 1.87. The topological polar surface area (TPSA) is 44.9 Å². The van der Waals surface area contributed by atoms with Crippen LogP contribution in [0.1, 0.15) is 54.1 Å². The van der Waals surface area contributed by atoms with Crippen molar-refractivity contribution in [3.63, 3.8) is 0 Å². The molecule has 0 saturated heterocycles. The standard InChI is InChI=1S/C17H22N2O/c1-4-13-11-16(19-15(13)5-2)17(20)18-12(3)14-9-7-6-8-10-14/h6-12,19H,4-5H2,1-3H3,(H,18,20)/t12-/m0/s1. The smallest absolute Gasteiger partial charge is 0.268 e. The number of rotatable bonds is 5. The van der Waals surface area contributed by atoms with Crippen molar-refractivity contribution in [2.45, 2.75) is 39.7 Å². The van der Waals surface area contributed by atoms with Crippen LogP contribution in [-0.4, -0.2) is 10.9 Å². The van der Waals surface area contributed by atoms with E-state index < -0.39 is 0 Å². The summed E-state index contributed by atoms with van der Waals surface area (Å²) in [5, 5.41) is 3.03. The van der Waals surface area contributed by atoms with Crippen molar-refractivity contribution in [3.8, 4) is 0 Å². The zero-order chi connectivity index (χ0) is 14.5. The van der Waals surface area contributed by atoms with E-state index in [0.29, 0.717) is 5.69 Å². The molecule has 20 heavy (non-hydrogen) atoms. The average molecular weight is 270 g/mol. The van der Waals surface area contributed by atoms with Gasteiger partial charge in [0, 0.05) is 5.69 Å². The van der Waals surface area contributed by atoms with Gasteiger partial charge in [-0.15, -0.1) is 0 Å². The molecule has 106 valence electrons. The molecule has 3 nitrogen and oxygen atoms in total. The highest BCUT2D eigenvalue weighted by atomic mass is 16.1. The van der Waals surface area contributed by atoms with Gasteiger partial charge in [-0.3, -0.25) is 4.79 Å². The van der Waals surface area contributed by atoms with Gasteiger partial charge in [-0.25, -0.2) is 0 Å². The van der Waals surface area contributed by atoms with Gasteiger partial charge in [0.15, 0.2) is 0 Å². The van der Waals surface area contributed by atoms with Crippen LogP contribution < -0.4 is 5.32 Å². The Morgan fingerprint density at radius 2 is 1.90 bits per heavy atom. The molecule has 0 unspecified atom stereocenters. The number of benzene rings is 1. The first-order valence-electron chi connectivity index (χ1n) is 7.22. The van der Waals surface area contributed by atoms with Crippen molar-refractivity contribution in [2.75, 3.05) is 0 Å². The summed E-state index contributed by atoms with van der Waals surface area (Å²) in [5.74, 6) is -0.0456. The number of nitrogens with one attached hydrogen (secondary N) is 2. The lowest BCUT2D eigenvalue weighted by Gasteiger charge is -2.13. The summed E-state index contributed by atoms with van der Waals surface area (Å²) < 4.78 is 0. The number of hydrogen-bond acceptors (Lipinski definition) is 1. The van der Waals surface area contributed by atoms with E-state index in [4.69, 9.17) is 0 Å². The predicted molar refractivity (Wildman–Crippen MR) is 81.9 cm³/mol. The van der Waals surface area contributed by atoms with Gasteiger partial charge in [0.05, 0.1) is 6.04 Å². The lowest BCUT2D eigenvalue weighted by atomic mass is 10.1. The van der Waals surface area contributed by atoms with Gasteiger partial charge in [0.2, 0.25) is 0 Å². The van der Waals surface area contributed by atoms with Gasteiger partial charge >= 0.3 is 0 Å². The highest BCUT2D eigenvalue weighted by Crippen LogP contribution is 2.15. The molecule has 0 aliphatic carbocycles. The lowest BCUT2D eigenvalue weighted by molar-refractivity contribution is 0.0935. The number of aromatic amines is 1. The van der Waals surface area contributed by atoms with Gasteiger partial charge in [0.25, 0.3) is 5.91 Å². The van der Waals surface area contributed by atoms with Crippen LogP contribution in [0.25, 0.3) is 0 Å². The average Bonchev–Trinajstić information content (AvgIpc) is 2.91. The SMILES string of the molecule is CCc1cc(C(=O)N[C@@H](C)c2ccccc2)[nH]c1CC. The Labute approximate surface area is 120 Å². The van der Waals surface area contributed by atoms with E-state index in [-0.39, 0.29) is 11.9 Å². The molecular formula is C17H22N2O. The van der Waals surface area contributed by atoms with E-state index >= 15 is 0 Å². The molecule has 0 bridgehead atoms. The summed E-state index contributed by atoms with van der Waals surface area (Å²) in [5.41, 5.74) is 4.15. The minimum Gasteiger partial charge on any atom is -0.354 e. The molecule has 0 radical (unpaired) electrons. The number of amides is 1. The second kappa shape index (κ2) is 6.42. The Balaban J connectivity index is 2.10. The molecule has 0 spiro atoms. The molecule has 0 aliphatic heterocycles. The molecule has 2 aromatic rings. The second-order valence-corrected chi connectivity index (χ2v) is 5.00. The minimum absolute atomic E-state index is 0.00199. The van der Waals surface area contributed by atoms with Crippen LogP contribution in [0.3, 0.4) is 0 Å². The third-order valence-electron chi connectivity index (χ3n) is 3.62. The van der Waals surface area contributed by atoms with Gasteiger partial charge in [-0.1, -0.05) is 44.2 Å². The van der Waals surface area contributed by atoms with Gasteiger partial charge < -0.3 is 10.3 Å². The number of carbonyl (C=O) groups is 1. The summed E-state index contributed by atoms with van der Waals surface area (Å²) in [7, 11) is 0. The molecule has 0 fully saturated rings. The summed E-state index contributed by atoms with van der Waals surface area (Å²) in [6.45, 7) is 6.20. The van der Waals surface area contributed by atoms with E-state index in [2.05, 4.69) is 24.1 Å². The Morgan fingerprint density at radius 3 is 2.45 bits per heavy atom. The molecular weight excluding hydrogens is 248 g/mol. The Bertz CT molecular complexity index is 550. The minimum atomic E-state index is -0.0456. The first-order valence-corrected chi connectivity index (χ1v) is 7.22. The van der Waals surface area contributed by atoms with Crippen molar-refractivity contribution >= 4 is 5.91 Å². The maximum absolute atomic E-state index is 12.3. The van der Waals surface area contributed by atoms with E-state index in [0.717, 1.165) is 24.1 Å². The van der Waals surface area contributed by atoms with Crippen molar-refractivity contribution in [1.82, 2.24) is 10.3 Å². The lowest BCUT2D eigenvalue weighted by Crippen LogP contribution is -2.26. The van der Waals surface area contributed by atoms with Crippen LogP contribution in [0.5, 0.6) is 0 Å². The molecule has 3 heteroatoms. The fourth-order valence-electron chi connectivity index (χ4n) is 2.39. The quantitative estimate of drug-likeness (QED) is 0.856. The summed E-state index contributed by atoms with van der Waals surface area (Å²) in [4.78, 5) is 15.5. The van der Waals surface area contributed by atoms with E-state index in [1.807, 2.05) is 43.3 Å². The van der Waals surface area contributed by atoms with Gasteiger partial charge in [-0.2, -0.15) is 0 Å². The van der Waals surface area contributed by atoms with Gasteiger partial charge in [0.1, 0.15) is 5.69 Å². The molecule has 1 atom stereocenters. The zero-order valence-corrected chi connectivity index (χ0v) is 12.4. The van der Waals surface area contributed by atoms with Gasteiger partial charge in [-0.05, 0) is 37.0 Å². The molecule has 2 rings (SSSR count). The first kappa shape index (κ1) is 14.4. The summed E-state index contributed by atoms with van der Waals surface area (Å²) in [6, 6.07) is 12.0. The van der Waals surface area contributed by atoms with Crippen LogP contribution in [-0.2, 0) is 12.8 Å². The molecule has 1 heterocycles. The Hall–Kier alpha value is -2.03. The van der Waals surface area contributed by atoms with Crippen LogP contribution in [0.15, 0.2) is 36.4 Å². The summed E-state index contributed by atoms with van der Waals surface area (Å²) >= 11 is 0. The molecule has 2 N–H and O–H groups in total. The number of aromatic nitrogens is 1. The number of H-pyrrole nitrogens is 1. The molecule has 1 amide bonds. The van der Waals surface area contributed by atoms with Crippen molar-refractivity contribution in [3.05, 3.63) is 58.9 Å². The normalized spacial score (nSPS) is 12.2. The highest BCUT2D eigenvalue weighted by molar-refractivity contribution is 5.93. The third-order valence-corrected chi connectivity index (χ3v) is 3.62. The van der Waals surface area contributed by atoms with E-state index in [1.54, 1.807) is 0 Å². The zero-order valence-electron chi connectivity index (χ0n) is 12.4. The number of aryl methyl sites for hydroxylation is 2. The Kier molecular flexibility index (Phi) is 4.61. The number of hydrogen-bond donors (Lipinski definition) is 2. The molecule has 1 aromatic carbocycles. The van der Waals surface area contributed by atoms with Crippen molar-refractivity contribution in [1.29, 1.82) is 0 Å². The van der Waals surface area contributed by atoms with Crippen LogP contribution >= 0.6 is 0 Å². The van der Waals surface area contributed by atoms with Crippen LogP contribution in [0.2, 0.25) is 0 Å². The Morgan fingerprint density at radius 1 is 1.20 bits per heavy atom. The third kappa shape index (κ3) is 3.10. The highest BCUT2D eigenvalue weighted by Gasteiger charge is 2.14. The predicted octanol–water partition coefficient (Wildman–Crippen LogP) is 3.63. The van der Waals surface area contributed by atoms with Crippen LogP contribution in [0, 0.1) is 0 Å². The van der Waals surface area contributed by atoms with Crippen molar-refractivity contribution in [2.24, 2.45) is 0 Å². The maximum Gasteiger partial charge on any atom is 0.268 e. The second-order valence-electron chi connectivity index (χ2n) is 5.00. The monoisotopic (exact) mass is 270 g/mol. The molecule has 1 aromatic heterocycles. The largest absolute Gasteiger partial charge is 0.354 e. The fraction of sp³-hybridized carbons (Fsp3) is 0.353. The number of carbonyl (C=O) groups excluding carboxylic acids is 1. The molecule has 0 aliphatic rings. The first-order chi connectivity index (χ1) is 9.65. The molecule has 0 saturated carbocycles. The van der Waals surface area contributed by atoms with Crippen LogP contribution in [0.4, 0.5) is 0 Å².